The Bertz CT molecular complexity index is 111. The predicted octanol–water partition coefficient (Wildman–Crippen LogP) is 3.40. The van der Waals surface area contributed by atoms with Crippen molar-refractivity contribution >= 4 is 5.97 Å². The third-order valence-corrected chi connectivity index (χ3v) is 1.84. The van der Waals surface area contributed by atoms with Gasteiger partial charge in [0.1, 0.15) is 0 Å². The average molecular weight is 188 g/mol. The summed E-state index contributed by atoms with van der Waals surface area (Å²) in [5.74, 6) is -0.00680. The van der Waals surface area contributed by atoms with Crippen molar-refractivity contribution in [2.45, 2.75) is 53.4 Å². The number of ether oxygens (including phenoxy) is 1. The van der Waals surface area contributed by atoms with Crippen LogP contribution in [0.2, 0.25) is 0 Å². The van der Waals surface area contributed by atoms with Crippen LogP contribution in [0.4, 0.5) is 0 Å². The van der Waals surface area contributed by atoms with Crippen LogP contribution in [0, 0.1) is 5.92 Å². The Morgan fingerprint density at radius 3 is 2.23 bits per heavy atom. The monoisotopic (exact) mass is 188 g/mol. The first-order chi connectivity index (χ1) is 6.22. The highest BCUT2D eigenvalue weighted by Crippen LogP contribution is 2.09. The number of esters is 1. The minimum atomic E-state index is -0.0823. The largest absolute Gasteiger partial charge is 0.469 e. The Kier molecular flexibility index (Phi) is 13.2. The Morgan fingerprint density at radius 1 is 1.31 bits per heavy atom. The summed E-state index contributed by atoms with van der Waals surface area (Å²) in [6.45, 7) is 8.07. The van der Waals surface area contributed by atoms with Gasteiger partial charge in [0, 0.05) is 0 Å². The summed E-state index contributed by atoms with van der Waals surface area (Å²) in [4.78, 5) is 10.9. The second kappa shape index (κ2) is 11.5. The van der Waals surface area contributed by atoms with Crippen molar-refractivity contribution in [3.8, 4) is 0 Å². The van der Waals surface area contributed by atoms with Crippen LogP contribution in [-0.2, 0) is 9.53 Å². The molecule has 1 atom stereocenters. The van der Waals surface area contributed by atoms with Crippen molar-refractivity contribution in [3.63, 3.8) is 0 Å². The highest BCUT2D eigenvalue weighted by Gasteiger charge is 2.11. The summed E-state index contributed by atoms with van der Waals surface area (Å²) >= 11 is 0. The standard InChI is InChI=1S/C9H18O2.C2H6/c1-4-5-6-7-8(2)9(10)11-3;1-2/h8H,4-7H2,1-3H3;1-2H3. The lowest BCUT2D eigenvalue weighted by Crippen LogP contribution is -2.12. The van der Waals surface area contributed by atoms with Gasteiger partial charge in [-0.3, -0.25) is 4.79 Å². The summed E-state index contributed by atoms with van der Waals surface area (Å²) in [5, 5.41) is 0. The van der Waals surface area contributed by atoms with E-state index in [1.54, 1.807) is 0 Å². The lowest BCUT2D eigenvalue weighted by Gasteiger charge is -2.07. The highest BCUT2D eigenvalue weighted by atomic mass is 16.5. The fourth-order valence-corrected chi connectivity index (χ4v) is 1.02. The zero-order valence-electron chi connectivity index (χ0n) is 9.72. The van der Waals surface area contributed by atoms with Crippen molar-refractivity contribution in [2.24, 2.45) is 5.92 Å². The number of carbonyl (C=O) groups excluding carboxylic acids is 1. The van der Waals surface area contributed by atoms with Gasteiger partial charge >= 0.3 is 5.97 Å². The molecule has 13 heavy (non-hydrogen) atoms. The molecule has 2 heteroatoms. The Labute approximate surface area is 82.7 Å². The van der Waals surface area contributed by atoms with Gasteiger partial charge in [-0.05, 0) is 6.42 Å². The molecule has 0 aliphatic rings. The lowest BCUT2D eigenvalue weighted by molar-refractivity contribution is -0.145. The van der Waals surface area contributed by atoms with E-state index >= 15 is 0 Å². The molecular formula is C11H24O2. The van der Waals surface area contributed by atoms with E-state index in [2.05, 4.69) is 11.7 Å². The van der Waals surface area contributed by atoms with Crippen LogP contribution >= 0.6 is 0 Å². The van der Waals surface area contributed by atoms with Crippen LogP contribution in [-0.4, -0.2) is 13.1 Å². The third-order valence-electron chi connectivity index (χ3n) is 1.84. The van der Waals surface area contributed by atoms with Crippen LogP contribution < -0.4 is 0 Å². The zero-order valence-corrected chi connectivity index (χ0v) is 9.72. The first kappa shape index (κ1) is 15.0. The first-order valence-electron chi connectivity index (χ1n) is 5.30. The molecule has 0 amide bonds. The maximum absolute atomic E-state index is 10.9. The molecule has 0 rings (SSSR count). The molecule has 2 nitrogen and oxygen atoms in total. The van der Waals surface area contributed by atoms with Crippen LogP contribution in [0.25, 0.3) is 0 Å². The smallest absolute Gasteiger partial charge is 0.308 e. The molecule has 0 aliphatic heterocycles. The number of hydrogen-bond acceptors (Lipinski definition) is 2. The van der Waals surface area contributed by atoms with E-state index in [0.29, 0.717) is 0 Å². The van der Waals surface area contributed by atoms with Gasteiger partial charge in [-0.15, -0.1) is 0 Å². The topological polar surface area (TPSA) is 26.3 Å². The molecule has 0 bridgehead atoms. The molecule has 0 radical (unpaired) electrons. The summed E-state index contributed by atoms with van der Waals surface area (Å²) < 4.78 is 4.60. The third kappa shape index (κ3) is 9.38. The fraction of sp³-hybridized carbons (Fsp3) is 0.909. The van der Waals surface area contributed by atoms with E-state index in [4.69, 9.17) is 0 Å². The van der Waals surface area contributed by atoms with Gasteiger partial charge in [0.05, 0.1) is 13.0 Å². The van der Waals surface area contributed by atoms with E-state index in [9.17, 15) is 4.79 Å². The number of carbonyl (C=O) groups is 1. The molecular weight excluding hydrogens is 164 g/mol. The van der Waals surface area contributed by atoms with Gasteiger partial charge in [-0.2, -0.15) is 0 Å². The number of hydrogen-bond donors (Lipinski definition) is 0. The molecule has 0 aromatic carbocycles. The molecule has 0 aromatic rings. The van der Waals surface area contributed by atoms with Crippen LogP contribution in [0.5, 0.6) is 0 Å². The van der Waals surface area contributed by atoms with Crippen molar-refractivity contribution in [1.29, 1.82) is 0 Å². The number of methoxy groups -OCH3 is 1. The second-order valence-electron chi connectivity index (χ2n) is 2.92. The Balaban J connectivity index is 0. The number of unbranched alkanes of at least 4 members (excludes halogenated alkanes) is 2. The van der Waals surface area contributed by atoms with Crippen molar-refractivity contribution in [1.82, 2.24) is 0 Å². The van der Waals surface area contributed by atoms with E-state index in [0.717, 1.165) is 12.8 Å². The minimum absolute atomic E-state index is 0.0755. The minimum Gasteiger partial charge on any atom is -0.469 e. The second-order valence-corrected chi connectivity index (χ2v) is 2.92. The quantitative estimate of drug-likeness (QED) is 0.488. The van der Waals surface area contributed by atoms with E-state index in [1.807, 2.05) is 20.8 Å². The maximum atomic E-state index is 10.9. The number of rotatable bonds is 5. The van der Waals surface area contributed by atoms with Crippen LogP contribution in [0.1, 0.15) is 53.4 Å². The van der Waals surface area contributed by atoms with Crippen molar-refractivity contribution < 1.29 is 9.53 Å². The molecule has 0 fully saturated rings. The van der Waals surface area contributed by atoms with Gasteiger partial charge in [0.25, 0.3) is 0 Å². The normalized spacial score (nSPS) is 11.2. The molecule has 0 N–H and O–H groups in total. The average Bonchev–Trinajstić information content (AvgIpc) is 2.20. The fourth-order valence-electron chi connectivity index (χ4n) is 1.02. The Morgan fingerprint density at radius 2 is 1.85 bits per heavy atom. The van der Waals surface area contributed by atoms with Gasteiger partial charge in [-0.1, -0.05) is 47.0 Å². The molecule has 0 spiro atoms. The van der Waals surface area contributed by atoms with Gasteiger partial charge in [0.15, 0.2) is 0 Å². The summed E-state index contributed by atoms with van der Waals surface area (Å²) in [5.41, 5.74) is 0. The zero-order chi connectivity index (χ0) is 10.7. The summed E-state index contributed by atoms with van der Waals surface area (Å²) in [6.07, 6.45) is 4.50. The SMILES string of the molecule is CC.CCCCCC(C)C(=O)OC. The van der Waals surface area contributed by atoms with Crippen LogP contribution in [0.15, 0.2) is 0 Å². The molecule has 80 valence electrons. The molecule has 0 saturated carbocycles. The molecule has 0 saturated heterocycles. The van der Waals surface area contributed by atoms with Gasteiger partial charge < -0.3 is 4.74 Å². The maximum Gasteiger partial charge on any atom is 0.308 e. The van der Waals surface area contributed by atoms with Gasteiger partial charge in [-0.25, -0.2) is 0 Å². The molecule has 1 unspecified atom stereocenters. The first-order valence-corrected chi connectivity index (χ1v) is 5.30. The van der Waals surface area contributed by atoms with Crippen molar-refractivity contribution in [2.75, 3.05) is 7.11 Å². The van der Waals surface area contributed by atoms with E-state index in [1.165, 1.54) is 20.0 Å². The highest BCUT2D eigenvalue weighted by molar-refractivity contribution is 5.71. The molecule has 0 aromatic heterocycles. The van der Waals surface area contributed by atoms with Crippen molar-refractivity contribution in [3.05, 3.63) is 0 Å². The van der Waals surface area contributed by atoms with Crippen LogP contribution in [0.3, 0.4) is 0 Å². The van der Waals surface area contributed by atoms with E-state index in [-0.39, 0.29) is 11.9 Å². The van der Waals surface area contributed by atoms with E-state index < -0.39 is 0 Å². The summed E-state index contributed by atoms with van der Waals surface area (Å²) in [6, 6.07) is 0. The molecule has 0 heterocycles. The Hall–Kier alpha value is -0.530. The molecule has 0 aliphatic carbocycles. The lowest BCUT2D eigenvalue weighted by atomic mass is 10.0. The predicted molar refractivity (Wildman–Crippen MR) is 56.7 cm³/mol. The summed E-state index contributed by atoms with van der Waals surface area (Å²) in [7, 11) is 1.44. The van der Waals surface area contributed by atoms with Gasteiger partial charge in [0.2, 0.25) is 0 Å².